The van der Waals surface area contributed by atoms with E-state index in [2.05, 4.69) is 36.1 Å². The zero-order chi connectivity index (χ0) is 25.4. The van der Waals surface area contributed by atoms with Crippen LogP contribution in [-0.4, -0.2) is 62.2 Å². The van der Waals surface area contributed by atoms with Crippen molar-refractivity contribution in [1.29, 1.82) is 0 Å². The molecular formula is C28H37N3O3S. The number of carbonyl (C=O) groups is 1. The highest BCUT2D eigenvalue weighted by atomic mass is 32.2. The Labute approximate surface area is 210 Å². The van der Waals surface area contributed by atoms with Crippen LogP contribution in [0, 0.1) is 0 Å². The van der Waals surface area contributed by atoms with Crippen molar-refractivity contribution in [1.82, 2.24) is 14.5 Å². The minimum absolute atomic E-state index is 0.0133. The maximum Gasteiger partial charge on any atom is 0.320 e. The number of hydrogen-bond acceptors (Lipinski definition) is 3. The molecule has 2 aromatic rings. The fourth-order valence-electron chi connectivity index (χ4n) is 4.63. The lowest BCUT2D eigenvalue weighted by atomic mass is 9.95. The lowest BCUT2D eigenvalue weighted by molar-refractivity contribution is 0.154. The molecule has 0 aliphatic carbocycles. The molecule has 0 spiro atoms. The van der Waals surface area contributed by atoms with Crippen molar-refractivity contribution in [3.63, 3.8) is 0 Å². The first-order valence-electron chi connectivity index (χ1n) is 12.2. The zero-order valence-electron chi connectivity index (χ0n) is 20.8. The molecule has 0 aromatic heterocycles. The third-order valence-electron chi connectivity index (χ3n) is 6.59. The van der Waals surface area contributed by atoms with Gasteiger partial charge in [-0.2, -0.15) is 0 Å². The summed E-state index contributed by atoms with van der Waals surface area (Å²) in [6.45, 7) is 10.5. The van der Waals surface area contributed by atoms with Crippen molar-refractivity contribution in [3.05, 3.63) is 78.9 Å². The third-order valence-corrected chi connectivity index (χ3v) is 8.02. The van der Waals surface area contributed by atoms with Crippen LogP contribution in [0.5, 0.6) is 0 Å². The summed E-state index contributed by atoms with van der Waals surface area (Å²) >= 11 is 0. The largest absolute Gasteiger partial charge is 0.328 e. The number of unbranched alkanes of at least 4 members (excludes halogenated alkanes) is 1. The predicted molar refractivity (Wildman–Crippen MR) is 145 cm³/mol. The maximum atomic E-state index is 13.3. The molecule has 3 rings (SSSR count). The van der Waals surface area contributed by atoms with Gasteiger partial charge in [-0.05, 0) is 54.9 Å². The molecule has 0 bridgehead atoms. The van der Waals surface area contributed by atoms with Crippen LogP contribution < -0.4 is 4.72 Å². The van der Waals surface area contributed by atoms with Crippen LogP contribution in [0.25, 0.3) is 17.2 Å². The van der Waals surface area contributed by atoms with Crippen molar-refractivity contribution < 1.29 is 13.2 Å². The molecule has 1 saturated heterocycles. The van der Waals surface area contributed by atoms with E-state index in [0.717, 1.165) is 35.1 Å². The van der Waals surface area contributed by atoms with Gasteiger partial charge in [-0.15, -0.1) is 6.58 Å². The number of amides is 2. The Morgan fingerprint density at radius 1 is 1.20 bits per heavy atom. The van der Waals surface area contributed by atoms with Gasteiger partial charge in [-0.25, -0.2) is 17.9 Å². The number of allylic oxidation sites excluding steroid dienone is 1. The van der Waals surface area contributed by atoms with E-state index in [9.17, 15) is 13.2 Å². The molecule has 2 amide bonds. The molecule has 1 heterocycles. The minimum atomic E-state index is -3.40. The molecule has 35 heavy (non-hydrogen) atoms. The summed E-state index contributed by atoms with van der Waals surface area (Å²) in [6, 6.07) is 15.7. The fourth-order valence-corrected chi connectivity index (χ4v) is 5.53. The number of sulfonamides is 1. The van der Waals surface area contributed by atoms with E-state index in [1.165, 1.54) is 0 Å². The summed E-state index contributed by atoms with van der Waals surface area (Å²) in [5, 5.41) is 0. The lowest BCUT2D eigenvalue weighted by Crippen LogP contribution is -2.51. The molecule has 0 saturated carbocycles. The molecule has 7 heteroatoms. The molecule has 1 fully saturated rings. The van der Waals surface area contributed by atoms with E-state index in [0.29, 0.717) is 25.9 Å². The molecule has 1 N–H and O–H groups in total. The average Bonchev–Trinajstić information content (AvgIpc) is 3.24. The van der Waals surface area contributed by atoms with Gasteiger partial charge in [0, 0.05) is 26.2 Å². The Hall–Kier alpha value is -2.90. The molecule has 6 nitrogen and oxygen atoms in total. The number of nitrogens with zero attached hydrogens (tertiary/aromatic N) is 2. The van der Waals surface area contributed by atoms with Gasteiger partial charge in [0.2, 0.25) is 10.0 Å². The number of carbonyl (C=O) groups excluding carboxylic acids is 1. The summed E-state index contributed by atoms with van der Waals surface area (Å²) in [4.78, 5) is 16.9. The van der Waals surface area contributed by atoms with Gasteiger partial charge in [-0.3, -0.25) is 0 Å². The van der Waals surface area contributed by atoms with Crippen molar-refractivity contribution in [2.75, 3.05) is 25.9 Å². The number of urea groups is 1. The number of rotatable bonds is 11. The number of nitrogens with one attached hydrogen (secondary N) is 1. The topological polar surface area (TPSA) is 69.7 Å². The number of benzene rings is 2. The Balaban J connectivity index is 1.88. The van der Waals surface area contributed by atoms with Crippen molar-refractivity contribution >= 4 is 22.1 Å². The highest BCUT2D eigenvalue weighted by molar-refractivity contribution is 7.89. The molecule has 2 aromatic carbocycles. The Morgan fingerprint density at radius 3 is 2.69 bits per heavy atom. The highest BCUT2D eigenvalue weighted by Gasteiger charge is 2.39. The van der Waals surface area contributed by atoms with Crippen LogP contribution in [0.15, 0.2) is 67.8 Å². The highest BCUT2D eigenvalue weighted by Crippen LogP contribution is 2.28. The molecule has 1 aliphatic heterocycles. The van der Waals surface area contributed by atoms with E-state index in [1.54, 1.807) is 18.9 Å². The molecule has 1 aliphatic rings. The van der Waals surface area contributed by atoms with Gasteiger partial charge in [0.25, 0.3) is 0 Å². The predicted octanol–water partition coefficient (Wildman–Crippen LogP) is 4.94. The second-order valence-corrected chi connectivity index (χ2v) is 11.1. The SMILES string of the molecule is C=CCCCN(C)C(=O)N1CCC(NS(=O)(=O)CC)C1Cc1cccc(-c2ccccc2C=C)c1. The normalized spacial score (nSPS) is 17.8. The van der Waals surface area contributed by atoms with Crippen LogP contribution in [0.4, 0.5) is 4.79 Å². The monoisotopic (exact) mass is 495 g/mol. The van der Waals surface area contributed by atoms with Gasteiger partial charge in [0.1, 0.15) is 0 Å². The van der Waals surface area contributed by atoms with E-state index in [-0.39, 0.29) is 23.9 Å². The van der Waals surface area contributed by atoms with Gasteiger partial charge < -0.3 is 9.80 Å². The molecule has 188 valence electrons. The Kier molecular flexibility index (Phi) is 9.29. The fraction of sp³-hybridized carbons (Fsp3) is 0.393. The minimum Gasteiger partial charge on any atom is -0.328 e. The molecule has 2 atom stereocenters. The number of likely N-dealkylation sites (tertiary alicyclic amines) is 1. The van der Waals surface area contributed by atoms with Crippen LogP contribution in [0.1, 0.15) is 37.3 Å². The molecular weight excluding hydrogens is 458 g/mol. The van der Waals surface area contributed by atoms with E-state index < -0.39 is 10.0 Å². The van der Waals surface area contributed by atoms with Crippen LogP contribution in [0.2, 0.25) is 0 Å². The van der Waals surface area contributed by atoms with Crippen molar-refractivity contribution in [2.45, 2.75) is 44.7 Å². The van der Waals surface area contributed by atoms with E-state index >= 15 is 0 Å². The summed E-state index contributed by atoms with van der Waals surface area (Å²) in [7, 11) is -1.59. The number of hydrogen-bond donors (Lipinski definition) is 1. The van der Waals surface area contributed by atoms with Crippen LogP contribution >= 0.6 is 0 Å². The summed E-state index contributed by atoms with van der Waals surface area (Å²) in [5.74, 6) is 0.0133. The quantitative estimate of drug-likeness (QED) is 0.355. The zero-order valence-corrected chi connectivity index (χ0v) is 21.6. The standard InChI is InChI=1S/C28H37N3O3S/c1-5-8-11-18-30(4)28(32)31-19-17-26(29-35(33,34)7-3)27(31)21-22-13-12-15-24(20-22)25-16-10-9-14-23(25)6-2/h5-6,9-10,12-16,20,26-27,29H,1-2,7-8,11,17-19,21H2,3-4H3. The van der Waals surface area contributed by atoms with E-state index in [4.69, 9.17) is 0 Å². The first kappa shape index (κ1) is 26.7. The first-order valence-corrected chi connectivity index (χ1v) is 13.9. The maximum absolute atomic E-state index is 13.3. The van der Waals surface area contributed by atoms with Crippen LogP contribution in [-0.2, 0) is 16.4 Å². The first-order chi connectivity index (χ1) is 16.8. The van der Waals surface area contributed by atoms with Gasteiger partial charge in [-0.1, -0.05) is 67.3 Å². The summed E-state index contributed by atoms with van der Waals surface area (Å²) in [5.41, 5.74) is 4.27. The van der Waals surface area contributed by atoms with Gasteiger partial charge in [0.05, 0.1) is 11.8 Å². The summed E-state index contributed by atoms with van der Waals surface area (Å²) < 4.78 is 27.7. The third kappa shape index (κ3) is 6.83. The average molecular weight is 496 g/mol. The molecule has 0 radical (unpaired) electrons. The Morgan fingerprint density at radius 2 is 1.97 bits per heavy atom. The Bertz CT molecular complexity index is 1150. The van der Waals surface area contributed by atoms with Crippen LogP contribution in [0.3, 0.4) is 0 Å². The van der Waals surface area contributed by atoms with Crippen molar-refractivity contribution in [3.8, 4) is 11.1 Å². The summed E-state index contributed by atoms with van der Waals surface area (Å²) in [6.07, 6.45) is 6.55. The lowest BCUT2D eigenvalue weighted by Gasteiger charge is -2.32. The van der Waals surface area contributed by atoms with E-state index in [1.807, 2.05) is 47.4 Å². The van der Waals surface area contributed by atoms with Gasteiger partial charge >= 0.3 is 6.03 Å². The van der Waals surface area contributed by atoms with Crippen molar-refractivity contribution in [2.24, 2.45) is 0 Å². The second kappa shape index (κ2) is 12.2. The smallest absolute Gasteiger partial charge is 0.320 e. The molecule has 2 unspecified atom stereocenters. The second-order valence-electron chi connectivity index (χ2n) is 9.01. The van der Waals surface area contributed by atoms with Gasteiger partial charge in [0.15, 0.2) is 0 Å².